The van der Waals surface area contributed by atoms with E-state index in [1.807, 2.05) is 48.5 Å². The number of fused-ring (bicyclic) bond motifs is 2. The van der Waals surface area contributed by atoms with Crippen LogP contribution < -0.4 is 0 Å². The van der Waals surface area contributed by atoms with Gasteiger partial charge in [-0.1, -0.05) is 60.7 Å². The Morgan fingerprint density at radius 2 is 1.40 bits per heavy atom. The molecule has 0 saturated heterocycles. The van der Waals surface area contributed by atoms with Crippen LogP contribution in [0.4, 0.5) is 0 Å². The lowest BCUT2D eigenvalue weighted by Gasteiger charge is -2.15. The Balaban J connectivity index is 1.72. The second-order valence-corrected chi connectivity index (χ2v) is 5.89. The molecule has 0 spiro atoms. The van der Waals surface area contributed by atoms with E-state index in [4.69, 9.17) is 4.74 Å². The summed E-state index contributed by atoms with van der Waals surface area (Å²) in [5.41, 5.74) is 0.986. The van der Waals surface area contributed by atoms with Gasteiger partial charge in [-0.15, -0.1) is 0 Å². The molecule has 4 rings (SSSR count). The molecule has 0 amide bonds. The maximum atomic E-state index is 12.2. The molecule has 3 nitrogen and oxygen atoms in total. The van der Waals surface area contributed by atoms with Crippen molar-refractivity contribution in [3.8, 4) is 0 Å². The first kappa shape index (κ1) is 15.4. The molecule has 0 saturated carbocycles. The van der Waals surface area contributed by atoms with Crippen molar-refractivity contribution in [1.82, 2.24) is 0 Å². The molecular formula is C22H16O3. The summed E-state index contributed by atoms with van der Waals surface area (Å²) in [6.07, 6.45) is -1.32. The van der Waals surface area contributed by atoms with E-state index >= 15 is 0 Å². The first-order valence-electron chi connectivity index (χ1n) is 8.08. The van der Waals surface area contributed by atoms with Gasteiger partial charge >= 0.3 is 5.97 Å². The number of aliphatic hydroxyl groups excluding tert-OH is 1. The van der Waals surface area contributed by atoms with Gasteiger partial charge in [0.1, 0.15) is 0 Å². The molecule has 0 aliphatic carbocycles. The smallest absolute Gasteiger partial charge is 0.340 e. The fraction of sp³-hybridized carbons (Fsp3) is 0.0455. The highest BCUT2D eigenvalue weighted by atomic mass is 16.6. The second kappa shape index (κ2) is 6.38. The molecule has 4 aromatic rings. The number of hydrogen-bond acceptors (Lipinski definition) is 3. The van der Waals surface area contributed by atoms with Crippen molar-refractivity contribution in [2.75, 3.05) is 0 Å². The van der Waals surface area contributed by atoms with Gasteiger partial charge in [0.15, 0.2) is 0 Å². The van der Waals surface area contributed by atoms with Gasteiger partial charge in [0.2, 0.25) is 6.29 Å². The first-order chi connectivity index (χ1) is 12.2. The van der Waals surface area contributed by atoms with Gasteiger partial charge in [-0.05, 0) is 45.8 Å². The van der Waals surface area contributed by atoms with Crippen molar-refractivity contribution in [2.24, 2.45) is 0 Å². The summed E-state index contributed by atoms with van der Waals surface area (Å²) in [6.45, 7) is 0. The van der Waals surface area contributed by atoms with Gasteiger partial charge in [0.25, 0.3) is 0 Å². The Morgan fingerprint density at radius 3 is 2.16 bits per heavy atom. The third-order valence-corrected chi connectivity index (χ3v) is 4.27. The molecule has 122 valence electrons. The fourth-order valence-corrected chi connectivity index (χ4v) is 3.01. The molecule has 0 heterocycles. The standard InChI is InChI=1S/C22H16O3/c23-21(15-7-2-1-3-8-15)25-22(24)19-12-6-11-18-13-16-9-4-5-10-17(16)14-20(18)19/h1-14,22,24H. The van der Waals surface area contributed by atoms with E-state index in [0.717, 1.165) is 21.5 Å². The molecular weight excluding hydrogens is 312 g/mol. The molecule has 1 unspecified atom stereocenters. The SMILES string of the molecule is O=C(OC(O)c1cccc2cc3ccccc3cc12)c1ccccc1. The Labute approximate surface area is 145 Å². The molecule has 3 heteroatoms. The van der Waals surface area contributed by atoms with Gasteiger partial charge in [-0.25, -0.2) is 4.79 Å². The molecule has 0 aromatic heterocycles. The number of hydrogen-bond donors (Lipinski definition) is 1. The van der Waals surface area contributed by atoms with Crippen LogP contribution in [0.15, 0.2) is 84.9 Å². The lowest BCUT2D eigenvalue weighted by molar-refractivity contribution is -0.0663. The average Bonchev–Trinajstić information content (AvgIpc) is 2.66. The maximum absolute atomic E-state index is 12.2. The predicted molar refractivity (Wildman–Crippen MR) is 98.3 cm³/mol. The predicted octanol–water partition coefficient (Wildman–Crippen LogP) is 4.84. The first-order valence-corrected chi connectivity index (χ1v) is 8.08. The molecule has 0 aliphatic rings. The summed E-state index contributed by atoms with van der Waals surface area (Å²) in [4.78, 5) is 12.2. The van der Waals surface area contributed by atoms with E-state index in [9.17, 15) is 9.90 Å². The Kier molecular flexibility index (Phi) is 3.92. The minimum atomic E-state index is -1.32. The van der Waals surface area contributed by atoms with Gasteiger partial charge in [-0.3, -0.25) is 0 Å². The number of esters is 1. The summed E-state index contributed by atoms with van der Waals surface area (Å²) in [5.74, 6) is -0.550. The maximum Gasteiger partial charge on any atom is 0.340 e. The summed E-state index contributed by atoms with van der Waals surface area (Å²) < 4.78 is 5.26. The Morgan fingerprint density at radius 1 is 0.760 bits per heavy atom. The van der Waals surface area contributed by atoms with Crippen LogP contribution in [0.1, 0.15) is 22.2 Å². The molecule has 0 fully saturated rings. The Bertz CT molecular complexity index is 1050. The lowest BCUT2D eigenvalue weighted by Crippen LogP contribution is -2.11. The van der Waals surface area contributed by atoms with Crippen LogP contribution in [0.3, 0.4) is 0 Å². The quantitative estimate of drug-likeness (QED) is 0.332. The molecule has 4 aromatic carbocycles. The zero-order valence-electron chi connectivity index (χ0n) is 13.4. The topological polar surface area (TPSA) is 46.5 Å². The normalized spacial score (nSPS) is 12.2. The van der Waals surface area contributed by atoms with Crippen molar-refractivity contribution >= 4 is 27.5 Å². The second-order valence-electron chi connectivity index (χ2n) is 5.89. The molecule has 1 N–H and O–H groups in total. The van der Waals surface area contributed by atoms with E-state index in [2.05, 4.69) is 6.07 Å². The number of aliphatic hydroxyl groups is 1. The van der Waals surface area contributed by atoms with E-state index in [-0.39, 0.29) is 0 Å². The van der Waals surface area contributed by atoms with E-state index in [1.54, 1.807) is 30.3 Å². The van der Waals surface area contributed by atoms with E-state index in [1.165, 1.54) is 0 Å². The van der Waals surface area contributed by atoms with Crippen molar-refractivity contribution < 1.29 is 14.6 Å². The monoisotopic (exact) mass is 328 g/mol. The van der Waals surface area contributed by atoms with Crippen LogP contribution in [0.2, 0.25) is 0 Å². The van der Waals surface area contributed by atoms with Crippen molar-refractivity contribution in [1.29, 1.82) is 0 Å². The van der Waals surface area contributed by atoms with Crippen LogP contribution in [0.25, 0.3) is 21.5 Å². The zero-order valence-corrected chi connectivity index (χ0v) is 13.4. The van der Waals surface area contributed by atoms with Gasteiger partial charge < -0.3 is 9.84 Å². The number of carbonyl (C=O) groups is 1. The molecule has 25 heavy (non-hydrogen) atoms. The minimum absolute atomic E-state index is 0.409. The van der Waals surface area contributed by atoms with Gasteiger partial charge in [-0.2, -0.15) is 0 Å². The highest BCUT2D eigenvalue weighted by Gasteiger charge is 2.17. The summed E-state index contributed by atoms with van der Waals surface area (Å²) in [5, 5.41) is 14.5. The van der Waals surface area contributed by atoms with Crippen molar-refractivity contribution in [2.45, 2.75) is 6.29 Å². The average molecular weight is 328 g/mol. The highest BCUT2D eigenvalue weighted by molar-refractivity contribution is 5.99. The van der Waals surface area contributed by atoms with Crippen LogP contribution in [-0.2, 0) is 4.74 Å². The van der Waals surface area contributed by atoms with Crippen molar-refractivity contribution in [3.05, 3.63) is 96.1 Å². The number of carbonyl (C=O) groups excluding carboxylic acids is 1. The fourth-order valence-electron chi connectivity index (χ4n) is 3.01. The highest BCUT2D eigenvalue weighted by Crippen LogP contribution is 2.29. The van der Waals surface area contributed by atoms with E-state index in [0.29, 0.717) is 11.1 Å². The number of benzene rings is 4. The summed E-state index contributed by atoms with van der Waals surface area (Å²) in [7, 11) is 0. The van der Waals surface area contributed by atoms with Crippen LogP contribution in [-0.4, -0.2) is 11.1 Å². The van der Waals surface area contributed by atoms with Crippen LogP contribution in [0.5, 0.6) is 0 Å². The third-order valence-electron chi connectivity index (χ3n) is 4.27. The molecule has 1 atom stereocenters. The van der Waals surface area contributed by atoms with Crippen LogP contribution in [0, 0.1) is 0 Å². The number of ether oxygens (including phenoxy) is 1. The number of rotatable bonds is 3. The third kappa shape index (κ3) is 2.97. The zero-order chi connectivity index (χ0) is 17.2. The lowest BCUT2D eigenvalue weighted by atomic mass is 9.99. The van der Waals surface area contributed by atoms with Gasteiger partial charge in [0.05, 0.1) is 5.56 Å². The molecule has 0 aliphatic heterocycles. The van der Waals surface area contributed by atoms with Crippen molar-refractivity contribution in [3.63, 3.8) is 0 Å². The summed E-state index contributed by atoms with van der Waals surface area (Å²) in [6, 6.07) is 26.4. The minimum Gasteiger partial charge on any atom is -0.428 e. The Hall–Kier alpha value is -3.17. The summed E-state index contributed by atoms with van der Waals surface area (Å²) >= 11 is 0. The van der Waals surface area contributed by atoms with Gasteiger partial charge in [0, 0.05) is 5.56 Å². The largest absolute Gasteiger partial charge is 0.428 e. The molecule has 0 radical (unpaired) electrons. The van der Waals surface area contributed by atoms with E-state index < -0.39 is 12.3 Å². The van der Waals surface area contributed by atoms with Crippen LogP contribution >= 0.6 is 0 Å². The molecule has 0 bridgehead atoms.